The molecule has 25 heavy (non-hydrogen) atoms. The van der Waals surface area contributed by atoms with Crippen LogP contribution in [-0.2, 0) is 20.8 Å². The Kier molecular flexibility index (Phi) is 4.79. The molecule has 1 saturated heterocycles. The van der Waals surface area contributed by atoms with E-state index in [-0.39, 0.29) is 11.8 Å². The summed E-state index contributed by atoms with van der Waals surface area (Å²) >= 11 is 0. The molecule has 0 unspecified atom stereocenters. The third kappa shape index (κ3) is 3.52. The molecule has 6 heteroatoms. The molecule has 2 N–H and O–H groups in total. The van der Waals surface area contributed by atoms with Gasteiger partial charge in [0.1, 0.15) is 5.41 Å². The van der Waals surface area contributed by atoms with Gasteiger partial charge in [-0.05, 0) is 49.3 Å². The van der Waals surface area contributed by atoms with Gasteiger partial charge in [-0.3, -0.25) is 14.4 Å². The Bertz CT molecular complexity index is 679. The average molecular weight is 344 g/mol. The van der Waals surface area contributed by atoms with E-state index >= 15 is 0 Å². The van der Waals surface area contributed by atoms with Crippen LogP contribution in [0.25, 0.3) is 0 Å². The summed E-state index contributed by atoms with van der Waals surface area (Å²) in [6.07, 6.45) is 3.73. The Labute approximate surface area is 147 Å². The first kappa shape index (κ1) is 17.5. The number of aliphatic carboxylic acids is 1. The van der Waals surface area contributed by atoms with Gasteiger partial charge in [-0.15, -0.1) is 0 Å². The van der Waals surface area contributed by atoms with Gasteiger partial charge < -0.3 is 15.3 Å². The number of rotatable bonds is 6. The highest BCUT2D eigenvalue weighted by Gasteiger charge is 2.63. The molecular weight excluding hydrogens is 320 g/mol. The number of carboxylic acids is 1. The molecule has 3 rings (SSSR count). The van der Waals surface area contributed by atoms with Gasteiger partial charge in [-0.1, -0.05) is 19.1 Å². The average Bonchev–Trinajstić information content (AvgIpc) is 3.03. The highest BCUT2D eigenvalue weighted by Crippen LogP contribution is 2.53. The minimum absolute atomic E-state index is 0.138. The number of carbonyl (C=O) groups is 3. The highest BCUT2D eigenvalue weighted by atomic mass is 16.4. The van der Waals surface area contributed by atoms with Gasteiger partial charge in [0.2, 0.25) is 11.8 Å². The molecule has 1 aromatic carbocycles. The van der Waals surface area contributed by atoms with Crippen molar-refractivity contribution in [3.8, 4) is 0 Å². The second-order valence-corrected chi connectivity index (χ2v) is 7.12. The van der Waals surface area contributed by atoms with Gasteiger partial charge in [0, 0.05) is 25.2 Å². The number of carboxylic acid groups (broad SMARTS) is 1. The van der Waals surface area contributed by atoms with Gasteiger partial charge in [-0.2, -0.15) is 0 Å². The summed E-state index contributed by atoms with van der Waals surface area (Å²) in [4.78, 5) is 37.6. The lowest BCUT2D eigenvalue weighted by Gasteiger charge is -2.15. The Hall–Kier alpha value is -2.37. The predicted molar refractivity (Wildman–Crippen MR) is 93.1 cm³/mol. The molecule has 1 aliphatic carbocycles. The van der Waals surface area contributed by atoms with Crippen molar-refractivity contribution < 1.29 is 19.5 Å². The summed E-state index contributed by atoms with van der Waals surface area (Å²) in [5.74, 6) is -1.46. The van der Waals surface area contributed by atoms with Gasteiger partial charge in [0.05, 0.1) is 0 Å². The molecule has 1 heterocycles. The molecule has 2 fully saturated rings. The van der Waals surface area contributed by atoms with E-state index in [1.807, 2.05) is 17.0 Å². The molecule has 1 aromatic rings. The number of nitrogens with zero attached hydrogens (tertiary/aromatic N) is 1. The van der Waals surface area contributed by atoms with Crippen molar-refractivity contribution in [1.29, 1.82) is 0 Å². The monoisotopic (exact) mass is 344 g/mol. The Morgan fingerprint density at radius 2 is 1.80 bits per heavy atom. The first-order valence-electron chi connectivity index (χ1n) is 8.85. The topological polar surface area (TPSA) is 86.7 Å². The largest absolute Gasteiger partial charge is 0.480 e. The standard InChI is InChI=1S/C19H24N2O4/c1-13-12-19(13,18(24)25)17(23)20-15-7-4-14(5-8-15)6-9-16(22)21-10-2-3-11-21/h4-5,7-8,13H,2-3,6,9-12H2,1H3,(H,20,23)(H,24,25)/t13-,19+/m1/s1. The summed E-state index contributed by atoms with van der Waals surface area (Å²) in [5, 5.41) is 12.0. The summed E-state index contributed by atoms with van der Waals surface area (Å²) in [7, 11) is 0. The third-order valence-corrected chi connectivity index (χ3v) is 5.39. The maximum atomic E-state index is 12.3. The maximum Gasteiger partial charge on any atom is 0.319 e. The lowest BCUT2D eigenvalue weighted by Crippen LogP contribution is -2.32. The molecule has 2 atom stereocenters. The van der Waals surface area contributed by atoms with Crippen LogP contribution in [-0.4, -0.2) is 40.9 Å². The van der Waals surface area contributed by atoms with Crippen molar-refractivity contribution in [3.05, 3.63) is 29.8 Å². The molecule has 0 radical (unpaired) electrons. The van der Waals surface area contributed by atoms with E-state index in [0.717, 1.165) is 31.5 Å². The van der Waals surface area contributed by atoms with E-state index in [9.17, 15) is 19.5 Å². The van der Waals surface area contributed by atoms with Crippen LogP contribution in [0.15, 0.2) is 24.3 Å². The van der Waals surface area contributed by atoms with Gasteiger partial charge in [0.25, 0.3) is 0 Å². The number of benzene rings is 1. The minimum Gasteiger partial charge on any atom is -0.480 e. The van der Waals surface area contributed by atoms with Crippen LogP contribution < -0.4 is 5.32 Å². The zero-order valence-electron chi connectivity index (χ0n) is 14.5. The van der Waals surface area contributed by atoms with Crippen LogP contribution in [0.5, 0.6) is 0 Å². The molecule has 1 aliphatic heterocycles. The second-order valence-electron chi connectivity index (χ2n) is 7.12. The number of aryl methyl sites for hydroxylation is 1. The van der Waals surface area contributed by atoms with Crippen molar-refractivity contribution in [2.45, 2.75) is 39.0 Å². The zero-order valence-corrected chi connectivity index (χ0v) is 14.5. The summed E-state index contributed by atoms with van der Waals surface area (Å²) < 4.78 is 0. The maximum absolute atomic E-state index is 12.3. The van der Waals surface area contributed by atoms with Crippen LogP contribution >= 0.6 is 0 Å². The number of anilines is 1. The van der Waals surface area contributed by atoms with Gasteiger partial charge in [-0.25, -0.2) is 0 Å². The molecule has 134 valence electrons. The lowest BCUT2D eigenvalue weighted by molar-refractivity contribution is -0.148. The SMILES string of the molecule is C[C@@H]1C[C@@]1(C(=O)O)C(=O)Nc1ccc(CCC(=O)N2CCCC2)cc1. The van der Waals surface area contributed by atoms with E-state index in [1.54, 1.807) is 19.1 Å². The highest BCUT2D eigenvalue weighted by molar-refractivity contribution is 6.11. The van der Waals surface area contributed by atoms with Crippen molar-refractivity contribution >= 4 is 23.5 Å². The molecule has 0 aromatic heterocycles. The van der Waals surface area contributed by atoms with E-state index in [2.05, 4.69) is 5.32 Å². The number of likely N-dealkylation sites (tertiary alicyclic amines) is 1. The normalized spacial score (nSPS) is 24.8. The molecule has 2 aliphatic rings. The minimum atomic E-state index is -1.28. The number of hydrogen-bond donors (Lipinski definition) is 2. The van der Waals surface area contributed by atoms with Crippen molar-refractivity contribution in [3.63, 3.8) is 0 Å². The van der Waals surface area contributed by atoms with Crippen molar-refractivity contribution in [2.24, 2.45) is 11.3 Å². The smallest absolute Gasteiger partial charge is 0.319 e. The van der Waals surface area contributed by atoms with Crippen LogP contribution in [0.1, 0.15) is 38.2 Å². The van der Waals surface area contributed by atoms with Gasteiger partial charge in [0.15, 0.2) is 0 Å². The van der Waals surface area contributed by atoms with E-state index in [4.69, 9.17) is 0 Å². The number of hydrogen-bond acceptors (Lipinski definition) is 3. The Morgan fingerprint density at radius 3 is 2.32 bits per heavy atom. The van der Waals surface area contributed by atoms with Crippen LogP contribution in [0.3, 0.4) is 0 Å². The first-order chi connectivity index (χ1) is 11.9. The molecule has 2 amide bonds. The summed E-state index contributed by atoms with van der Waals surface area (Å²) in [6.45, 7) is 3.51. The zero-order chi connectivity index (χ0) is 18.0. The Morgan fingerprint density at radius 1 is 1.20 bits per heavy atom. The van der Waals surface area contributed by atoms with Gasteiger partial charge >= 0.3 is 5.97 Å². The molecule has 0 spiro atoms. The summed E-state index contributed by atoms with van der Waals surface area (Å²) in [5.41, 5.74) is 0.332. The quantitative estimate of drug-likeness (QED) is 0.775. The first-order valence-corrected chi connectivity index (χ1v) is 8.85. The van der Waals surface area contributed by atoms with Crippen molar-refractivity contribution in [1.82, 2.24) is 4.90 Å². The van der Waals surface area contributed by atoms with Crippen LogP contribution in [0.4, 0.5) is 5.69 Å². The molecule has 0 bridgehead atoms. The predicted octanol–water partition coefficient (Wildman–Crippen LogP) is 2.29. The van der Waals surface area contributed by atoms with Crippen LogP contribution in [0.2, 0.25) is 0 Å². The molecule has 1 saturated carbocycles. The molecular formula is C19H24N2O4. The number of amides is 2. The molecule has 6 nitrogen and oxygen atoms in total. The lowest BCUT2D eigenvalue weighted by atomic mass is 10.0. The van der Waals surface area contributed by atoms with E-state index < -0.39 is 17.3 Å². The van der Waals surface area contributed by atoms with E-state index in [1.165, 1.54) is 0 Å². The van der Waals surface area contributed by atoms with Crippen LogP contribution in [0, 0.1) is 11.3 Å². The van der Waals surface area contributed by atoms with E-state index in [0.29, 0.717) is 24.9 Å². The fraction of sp³-hybridized carbons (Fsp3) is 0.526. The third-order valence-electron chi connectivity index (χ3n) is 5.39. The number of nitrogens with one attached hydrogen (secondary N) is 1. The fourth-order valence-corrected chi connectivity index (χ4v) is 3.51. The van der Waals surface area contributed by atoms with Crippen molar-refractivity contribution in [2.75, 3.05) is 18.4 Å². The number of carbonyl (C=O) groups excluding carboxylic acids is 2. The summed E-state index contributed by atoms with van der Waals surface area (Å²) in [6, 6.07) is 7.26. The fourth-order valence-electron chi connectivity index (χ4n) is 3.51. The Balaban J connectivity index is 1.53. The second kappa shape index (κ2) is 6.86.